The van der Waals surface area contributed by atoms with Gasteiger partial charge in [0.15, 0.2) is 11.5 Å². The monoisotopic (exact) mass is 308 g/mol. The van der Waals surface area contributed by atoms with Crippen LogP contribution < -0.4 is 14.8 Å². The summed E-state index contributed by atoms with van der Waals surface area (Å²) >= 11 is 6.42. The van der Waals surface area contributed by atoms with E-state index < -0.39 is 0 Å². The van der Waals surface area contributed by atoms with Gasteiger partial charge in [-0.15, -0.1) is 0 Å². The van der Waals surface area contributed by atoms with E-state index in [0.29, 0.717) is 5.02 Å². The van der Waals surface area contributed by atoms with E-state index in [9.17, 15) is 0 Å². The third-order valence-electron chi connectivity index (χ3n) is 4.70. The number of hydrogen-bond acceptors (Lipinski definition) is 4. The van der Waals surface area contributed by atoms with Crippen LogP contribution in [-0.2, 0) is 6.54 Å². The van der Waals surface area contributed by atoms with Crippen LogP contribution in [0.5, 0.6) is 11.5 Å². The molecule has 4 nitrogen and oxygen atoms in total. The van der Waals surface area contributed by atoms with Gasteiger partial charge in [0.2, 0.25) is 0 Å². The lowest BCUT2D eigenvalue weighted by molar-refractivity contribution is 0.197. The Kier molecular flexibility index (Phi) is 3.48. The summed E-state index contributed by atoms with van der Waals surface area (Å²) in [6, 6.07) is 4.13. The quantitative estimate of drug-likeness (QED) is 0.909. The van der Waals surface area contributed by atoms with Crippen LogP contribution in [0.25, 0.3) is 0 Å². The van der Waals surface area contributed by atoms with E-state index in [1.807, 2.05) is 6.07 Å². The minimum absolute atomic E-state index is 0.251. The molecule has 5 heteroatoms. The molecule has 1 aromatic carbocycles. The SMILES string of the molecule is Clc1cc(CN2CCNCC2)cc2c1OCC1(CC1)CO2. The summed E-state index contributed by atoms with van der Waals surface area (Å²) in [5.74, 6) is 1.54. The van der Waals surface area contributed by atoms with Crippen LogP contribution >= 0.6 is 11.6 Å². The van der Waals surface area contributed by atoms with Gasteiger partial charge in [-0.2, -0.15) is 0 Å². The zero-order chi connectivity index (χ0) is 14.3. The van der Waals surface area contributed by atoms with Crippen molar-refractivity contribution in [3.8, 4) is 11.5 Å². The van der Waals surface area contributed by atoms with Gasteiger partial charge in [0.05, 0.1) is 18.2 Å². The molecule has 4 rings (SSSR count). The summed E-state index contributed by atoms with van der Waals surface area (Å²) in [5.41, 5.74) is 1.46. The molecule has 0 radical (unpaired) electrons. The number of rotatable bonds is 2. The van der Waals surface area contributed by atoms with Crippen LogP contribution in [0.1, 0.15) is 18.4 Å². The predicted octanol–water partition coefficient (Wildman–Crippen LogP) is 2.30. The van der Waals surface area contributed by atoms with E-state index in [-0.39, 0.29) is 5.41 Å². The molecule has 1 spiro atoms. The molecule has 2 heterocycles. The molecule has 0 aromatic heterocycles. The lowest BCUT2D eigenvalue weighted by Gasteiger charge is -2.27. The molecule has 0 bridgehead atoms. The number of fused-ring (bicyclic) bond motifs is 1. The highest BCUT2D eigenvalue weighted by Gasteiger charge is 2.46. The zero-order valence-corrected chi connectivity index (χ0v) is 12.9. The molecule has 0 atom stereocenters. The second-order valence-corrected chi connectivity index (χ2v) is 6.92. The maximum atomic E-state index is 6.42. The number of halogens is 1. The first-order valence-electron chi connectivity index (χ1n) is 7.75. The molecule has 1 aromatic rings. The molecule has 1 aliphatic carbocycles. The van der Waals surface area contributed by atoms with Gasteiger partial charge in [0.25, 0.3) is 0 Å². The van der Waals surface area contributed by atoms with Crippen LogP contribution in [0.3, 0.4) is 0 Å². The van der Waals surface area contributed by atoms with Gasteiger partial charge >= 0.3 is 0 Å². The first kappa shape index (κ1) is 13.7. The molecule has 1 saturated carbocycles. The maximum absolute atomic E-state index is 6.42. The largest absolute Gasteiger partial charge is 0.489 e. The molecule has 2 fully saturated rings. The molecule has 0 amide bonds. The topological polar surface area (TPSA) is 33.7 Å². The first-order chi connectivity index (χ1) is 10.2. The summed E-state index contributed by atoms with van der Waals surface area (Å²) in [4.78, 5) is 2.44. The van der Waals surface area contributed by atoms with Crippen molar-refractivity contribution in [2.24, 2.45) is 5.41 Å². The zero-order valence-electron chi connectivity index (χ0n) is 12.2. The Morgan fingerprint density at radius 1 is 1.14 bits per heavy atom. The number of nitrogens with zero attached hydrogens (tertiary/aromatic N) is 1. The van der Waals surface area contributed by atoms with Gasteiger partial charge in [-0.05, 0) is 30.5 Å². The Bertz CT molecular complexity index is 539. The van der Waals surface area contributed by atoms with Crippen molar-refractivity contribution in [2.75, 3.05) is 39.4 Å². The predicted molar refractivity (Wildman–Crippen MR) is 82.3 cm³/mol. The van der Waals surface area contributed by atoms with Gasteiger partial charge < -0.3 is 14.8 Å². The molecule has 3 aliphatic rings. The Balaban J connectivity index is 1.54. The standard InChI is InChI=1S/C16H21ClN2O2/c17-13-7-12(9-19-5-3-18-4-6-19)8-14-15(13)21-11-16(1-2-16)10-20-14/h7-8,18H,1-6,9-11H2. The van der Waals surface area contributed by atoms with Gasteiger partial charge in [0.1, 0.15) is 0 Å². The summed E-state index contributed by atoms with van der Waals surface area (Å²) in [7, 11) is 0. The molecule has 1 saturated heterocycles. The molecular weight excluding hydrogens is 288 g/mol. The van der Waals surface area contributed by atoms with E-state index in [4.69, 9.17) is 21.1 Å². The average Bonchev–Trinajstić information content (AvgIpc) is 3.28. The number of benzene rings is 1. The van der Waals surface area contributed by atoms with E-state index >= 15 is 0 Å². The highest BCUT2D eigenvalue weighted by molar-refractivity contribution is 6.32. The van der Waals surface area contributed by atoms with Crippen molar-refractivity contribution in [1.82, 2.24) is 10.2 Å². The van der Waals surface area contributed by atoms with Crippen molar-refractivity contribution >= 4 is 11.6 Å². The minimum Gasteiger partial charge on any atom is -0.489 e. The smallest absolute Gasteiger partial charge is 0.179 e. The fourth-order valence-corrected chi connectivity index (χ4v) is 3.34. The number of piperazine rings is 1. The lowest BCUT2D eigenvalue weighted by Crippen LogP contribution is -2.42. The summed E-state index contributed by atoms with van der Waals surface area (Å²) in [6.45, 7) is 6.68. The Hall–Kier alpha value is -0.970. The van der Waals surface area contributed by atoms with Gasteiger partial charge in [-0.25, -0.2) is 0 Å². The van der Waals surface area contributed by atoms with Gasteiger partial charge in [0, 0.05) is 38.1 Å². The van der Waals surface area contributed by atoms with Crippen LogP contribution in [0.2, 0.25) is 5.02 Å². The van der Waals surface area contributed by atoms with Crippen molar-refractivity contribution in [3.05, 3.63) is 22.7 Å². The number of ether oxygens (including phenoxy) is 2. The highest BCUT2D eigenvalue weighted by Crippen LogP contribution is 2.50. The number of nitrogens with one attached hydrogen (secondary N) is 1. The molecule has 114 valence electrons. The van der Waals surface area contributed by atoms with Gasteiger partial charge in [-0.1, -0.05) is 11.6 Å². The minimum atomic E-state index is 0.251. The van der Waals surface area contributed by atoms with Crippen molar-refractivity contribution in [3.63, 3.8) is 0 Å². The Morgan fingerprint density at radius 2 is 1.90 bits per heavy atom. The first-order valence-corrected chi connectivity index (χ1v) is 8.13. The van der Waals surface area contributed by atoms with Gasteiger partial charge in [-0.3, -0.25) is 4.90 Å². The highest BCUT2D eigenvalue weighted by atomic mass is 35.5. The third kappa shape index (κ3) is 2.85. The maximum Gasteiger partial charge on any atom is 0.179 e. The molecule has 1 N–H and O–H groups in total. The normalized spacial score (nSPS) is 23.9. The fraction of sp³-hybridized carbons (Fsp3) is 0.625. The molecule has 0 unspecified atom stereocenters. The Morgan fingerprint density at radius 3 is 2.67 bits per heavy atom. The molecular formula is C16H21ClN2O2. The Labute approximate surface area is 130 Å². The van der Waals surface area contributed by atoms with Crippen molar-refractivity contribution in [1.29, 1.82) is 0 Å². The fourth-order valence-electron chi connectivity index (χ4n) is 3.05. The van der Waals surface area contributed by atoms with E-state index in [2.05, 4.69) is 16.3 Å². The summed E-state index contributed by atoms with van der Waals surface area (Å²) in [6.07, 6.45) is 2.40. The van der Waals surface area contributed by atoms with Crippen LogP contribution in [0.15, 0.2) is 12.1 Å². The van der Waals surface area contributed by atoms with Crippen molar-refractivity contribution < 1.29 is 9.47 Å². The summed E-state index contributed by atoms with van der Waals surface area (Å²) < 4.78 is 11.9. The summed E-state index contributed by atoms with van der Waals surface area (Å²) in [5, 5.41) is 4.05. The molecule has 2 aliphatic heterocycles. The molecule has 21 heavy (non-hydrogen) atoms. The second kappa shape index (κ2) is 5.34. The van der Waals surface area contributed by atoms with Crippen LogP contribution in [0.4, 0.5) is 0 Å². The van der Waals surface area contributed by atoms with E-state index in [1.54, 1.807) is 0 Å². The van der Waals surface area contributed by atoms with Crippen LogP contribution in [0, 0.1) is 5.41 Å². The van der Waals surface area contributed by atoms with E-state index in [1.165, 1.54) is 18.4 Å². The van der Waals surface area contributed by atoms with Crippen LogP contribution in [-0.4, -0.2) is 44.3 Å². The number of hydrogen-bond donors (Lipinski definition) is 1. The van der Waals surface area contributed by atoms with Crippen molar-refractivity contribution in [2.45, 2.75) is 19.4 Å². The average molecular weight is 309 g/mol. The lowest BCUT2D eigenvalue weighted by atomic mass is 10.1. The van der Waals surface area contributed by atoms with E-state index in [0.717, 1.165) is 57.4 Å². The second-order valence-electron chi connectivity index (χ2n) is 6.51. The third-order valence-corrected chi connectivity index (χ3v) is 4.98.